The number of fused-ring (bicyclic) bond motifs is 2. The first-order chi connectivity index (χ1) is 16.4. The lowest BCUT2D eigenvalue weighted by Gasteiger charge is -2.29. The van der Waals surface area contributed by atoms with Crippen LogP contribution in [-0.4, -0.2) is 60.0 Å². The molecule has 1 aromatic heterocycles. The lowest BCUT2D eigenvalue weighted by atomic mass is 9.97. The van der Waals surface area contributed by atoms with Crippen molar-refractivity contribution in [3.8, 4) is 0 Å². The molecule has 0 saturated carbocycles. The molecule has 0 radical (unpaired) electrons. The zero-order chi connectivity index (χ0) is 23.8. The highest BCUT2D eigenvalue weighted by Crippen LogP contribution is 2.39. The second-order valence-corrected chi connectivity index (χ2v) is 8.73. The van der Waals surface area contributed by atoms with Crippen molar-refractivity contribution in [1.82, 2.24) is 9.80 Å². The van der Waals surface area contributed by atoms with Gasteiger partial charge >= 0.3 is 0 Å². The van der Waals surface area contributed by atoms with Gasteiger partial charge in [0.15, 0.2) is 5.43 Å². The molecule has 0 bridgehead atoms. The number of carbonyl (C=O) groups is 1. The molecule has 176 valence electrons. The average Bonchev–Trinajstić information content (AvgIpc) is 3.12. The number of hydrogen-bond donors (Lipinski definition) is 0. The number of ether oxygens (including phenoxy) is 1. The van der Waals surface area contributed by atoms with E-state index in [0.29, 0.717) is 42.7 Å². The zero-order valence-corrected chi connectivity index (χ0v) is 18.9. The van der Waals surface area contributed by atoms with Crippen LogP contribution in [0.25, 0.3) is 11.0 Å². The van der Waals surface area contributed by atoms with Gasteiger partial charge in [0.25, 0.3) is 11.6 Å². The molecule has 9 nitrogen and oxygen atoms in total. The molecular formula is C25H25N3O6. The summed E-state index contributed by atoms with van der Waals surface area (Å²) < 4.78 is 11.4. The number of rotatable bonds is 6. The van der Waals surface area contributed by atoms with Crippen LogP contribution in [0.3, 0.4) is 0 Å². The predicted octanol–water partition coefficient (Wildman–Crippen LogP) is 3.28. The largest absolute Gasteiger partial charge is 0.450 e. The molecule has 2 aliphatic heterocycles. The predicted molar refractivity (Wildman–Crippen MR) is 125 cm³/mol. The molecular weight excluding hydrogens is 438 g/mol. The molecule has 1 fully saturated rings. The van der Waals surface area contributed by atoms with E-state index in [0.717, 1.165) is 25.2 Å². The third-order valence-electron chi connectivity index (χ3n) is 6.50. The van der Waals surface area contributed by atoms with E-state index in [1.54, 1.807) is 29.2 Å². The fourth-order valence-electron chi connectivity index (χ4n) is 4.81. The Morgan fingerprint density at radius 1 is 1.09 bits per heavy atom. The topological polar surface area (TPSA) is 106 Å². The molecule has 1 atom stereocenters. The highest BCUT2D eigenvalue weighted by Gasteiger charge is 2.42. The van der Waals surface area contributed by atoms with Gasteiger partial charge in [0.05, 0.1) is 35.1 Å². The monoisotopic (exact) mass is 463 g/mol. The highest BCUT2D eigenvalue weighted by molar-refractivity contribution is 5.99. The van der Waals surface area contributed by atoms with Crippen LogP contribution in [-0.2, 0) is 4.74 Å². The maximum absolute atomic E-state index is 13.6. The molecule has 0 spiro atoms. The standard InChI is InChI=1S/C25H25N3O6/c1-16-6-7-20-19(14-16)23(29)21-22(17-4-2-5-18(15-17)28(31)32)27(25(30)24(21)34-20)9-3-8-26-10-12-33-13-11-26/h2,4-7,14-15,22H,3,8-13H2,1H3/t22-/m0/s1. The summed E-state index contributed by atoms with van der Waals surface area (Å²) in [6.07, 6.45) is 0.692. The molecule has 3 heterocycles. The molecule has 0 aliphatic carbocycles. The Balaban J connectivity index is 1.56. The minimum Gasteiger partial charge on any atom is -0.450 e. The van der Waals surface area contributed by atoms with Gasteiger partial charge in [-0.05, 0) is 31.0 Å². The van der Waals surface area contributed by atoms with Crippen LogP contribution in [0.1, 0.15) is 39.7 Å². The van der Waals surface area contributed by atoms with E-state index in [9.17, 15) is 19.7 Å². The van der Waals surface area contributed by atoms with Crippen molar-refractivity contribution in [3.05, 3.63) is 85.3 Å². The van der Waals surface area contributed by atoms with E-state index in [1.165, 1.54) is 12.1 Å². The summed E-state index contributed by atoms with van der Waals surface area (Å²) in [5.74, 6) is -0.350. The lowest BCUT2D eigenvalue weighted by molar-refractivity contribution is -0.384. The number of amides is 1. The second kappa shape index (κ2) is 9.00. The van der Waals surface area contributed by atoms with E-state index < -0.39 is 11.0 Å². The Bertz CT molecular complexity index is 1330. The fourth-order valence-corrected chi connectivity index (χ4v) is 4.81. The number of nitrogens with zero attached hydrogens (tertiary/aromatic N) is 3. The van der Waals surface area contributed by atoms with Gasteiger partial charge in [0, 0.05) is 38.3 Å². The Morgan fingerprint density at radius 2 is 1.88 bits per heavy atom. The number of nitro benzene ring substituents is 1. The number of aryl methyl sites for hydroxylation is 1. The first-order valence-corrected chi connectivity index (χ1v) is 11.4. The summed E-state index contributed by atoms with van der Waals surface area (Å²) >= 11 is 0. The van der Waals surface area contributed by atoms with Crippen molar-refractivity contribution < 1.29 is 18.9 Å². The molecule has 0 unspecified atom stereocenters. The molecule has 2 aliphatic rings. The zero-order valence-electron chi connectivity index (χ0n) is 18.9. The third-order valence-corrected chi connectivity index (χ3v) is 6.50. The molecule has 3 aromatic rings. The number of non-ortho nitro benzene ring substituents is 1. The molecule has 0 N–H and O–H groups in total. The van der Waals surface area contributed by atoms with Crippen LogP contribution in [0, 0.1) is 17.0 Å². The highest BCUT2D eigenvalue weighted by atomic mass is 16.6. The molecule has 2 aromatic carbocycles. The van der Waals surface area contributed by atoms with Gasteiger partial charge in [-0.1, -0.05) is 23.8 Å². The van der Waals surface area contributed by atoms with Gasteiger partial charge < -0.3 is 14.1 Å². The number of nitro groups is 1. The van der Waals surface area contributed by atoms with Crippen molar-refractivity contribution in [2.24, 2.45) is 0 Å². The Kier molecular flexibility index (Phi) is 5.89. The fraction of sp³-hybridized carbons (Fsp3) is 0.360. The summed E-state index contributed by atoms with van der Waals surface area (Å²) in [5, 5.41) is 11.8. The molecule has 5 rings (SSSR count). The minimum absolute atomic E-state index is 0.0178. The maximum Gasteiger partial charge on any atom is 0.290 e. The van der Waals surface area contributed by atoms with Gasteiger partial charge in [-0.3, -0.25) is 24.6 Å². The maximum atomic E-state index is 13.6. The van der Waals surface area contributed by atoms with Crippen molar-refractivity contribution in [2.45, 2.75) is 19.4 Å². The van der Waals surface area contributed by atoms with Crippen LogP contribution in [0.4, 0.5) is 5.69 Å². The number of carbonyl (C=O) groups excluding carboxylic acids is 1. The Labute approximate surface area is 195 Å². The van der Waals surface area contributed by atoms with Crippen LogP contribution in [0.15, 0.2) is 51.7 Å². The normalized spacial score (nSPS) is 18.4. The molecule has 9 heteroatoms. The smallest absolute Gasteiger partial charge is 0.290 e. The summed E-state index contributed by atoms with van der Waals surface area (Å²) in [7, 11) is 0. The number of hydrogen-bond acceptors (Lipinski definition) is 7. The minimum atomic E-state index is -0.742. The lowest BCUT2D eigenvalue weighted by Crippen LogP contribution is -2.38. The van der Waals surface area contributed by atoms with Crippen molar-refractivity contribution in [1.29, 1.82) is 0 Å². The van der Waals surface area contributed by atoms with Gasteiger partial charge in [-0.15, -0.1) is 0 Å². The van der Waals surface area contributed by atoms with E-state index in [4.69, 9.17) is 9.15 Å². The van der Waals surface area contributed by atoms with Crippen molar-refractivity contribution in [3.63, 3.8) is 0 Å². The summed E-state index contributed by atoms with van der Waals surface area (Å²) in [5.41, 5.74) is 1.66. The Hall–Kier alpha value is -3.56. The summed E-state index contributed by atoms with van der Waals surface area (Å²) in [6, 6.07) is 10.7. The van der Waals surface area contributed by atoms with E-state index >= 15 is 0 Å². The third kappa shape index (κ3) is 3.97. The first kappa shape index (κ1) is 22.2. The second-order valence-electron chi connectivity index (χ2n) is 8.73. The van der Waals surface area contributed by atoms with E-state index in [-0.39, 0.29) is 28.3 Å². The van der Waals surface area contributed by atoms with Crippen LogP contribution >= 0.6 is 0 Å². The van der Waals surface area contributed by atoms with Gasteiger partial charge in [-0.2, -0.15) is 0 Å². The van der Waals surface area contributed by atoms with Crippen molar-refractivity contribution >= 4 is 22.6 Å². The quantitative estimate of drug-likeness (QED) is 0.408. The molecule has 1 saturated heterocycles. The van der Waals surface area contributed by atoms with Crippen LogP contribution in [0.2, 0.25) is 0 Å². The van der Waals surface area contributed by atoms with Crippen LogP contribution < -0.4 is 5.43 Å². The van der Waals surface area contributed by atoms with Gasteiger partial charge in [0.1, 0.15) is 5.58 Å². The summed E-state index contributed by atoms with van der Waals surface area (Å²) in [6.45, 7) is 6.12. The molecule has 34 heavy (non-hydrogen) atoms. The first-order valence-electron chi connectivity index (χ1n) is 11.4. The average molecular weight is 463 g/mol. The summed E-state index contributed by atoms with van der Waals surface area (Å²) in [4.78, 5) is 41.9. The number of benzene rings is 2. The SMILES string of the molecule is Cc1ccc2oc3c(c(=O)c2c1)[C@H](c1cccc([N+](=O)[O-])c1)N(CCCN1CCOCC1)C3=O. The van der Waals surface area contributed by atoms with E-state index in [2.05, 4.69) is 4.90 Å². The Morgan fingerprint density at radius 3 is 2.65 bits per heavy atom. The van der Waals surface area contributed by atoms with E-state index in [1.807, 2.05) is 13.0 Å². The van der Waals surface area contributed by atoms with Crippen molar-refractivity contribution in [2.75, 3.05) is 39.4 Å². The van der Waals surface area contributed by atoms with Gasteiger partial charge in [0.2, 0.25) is 5.76 Å². The molecule has 1 amide bonds. The van der Waals surface area contributed by atoms with Gasteiger partial charge in [-0.25, -0.2) is 0 Å². The number of morpholine rings is 1. The van der Waals surface area contributed by atoms with Crippen LogP contribution in [0.5, 0.6) is 0 Å².